The molecule has 7 heteroatoms. The van der Waals surface area contributed by atoms with Crippen molar-refractivity contribution in [2.45, 2.75) is 19.3 Å². The van der Waals surface area contributed by atoms with Gasteiger partial charge < -0.3 is 0 Å². The maximum atomic E-state index is 12.7. The molecule has 0 spiro atoms. The summed E-state index contributed by atoms with van der Waals surface area (Å²) in [5.41, 5.74) is 2.50. The fourth-order valence-corrected chi connectivity index (χ4v) is 3.41. The van der Waals surface area contributed by atoms with Gasteiger partial charge in [0.25, 0.3) is 5.56 Å². The molecule has 1 aliphatic carbocycles. The van der Waals surface area contributed by atoms with E-state index in [1.54, 1.807) is 22.6 Å². The van der Waals surface area contributed by atoms with Crippen molar-refractivity contribution in [2.75, 3.05) is 0 Å². The van der Waals surface area contributed by atoms with Gasteiger partial charge in [0.15, 0.2) is 11.5 Å². The molecule has 0 saturated heterocycles. The second kappa shape index (κ2) is 4.53. The SMILES string of the molecule is CC1CC1c1cn(-c2ncn3c4ccccc4c(=O)n(C)c23)nn1. The lowest BCUT2D eigenvalue weighted by Gasteiger charge is -2.07. The quantitative estimate of drug-likeness (QED) is 0.565. The summed E-state index contributed by atoms with van der Waals surface area (Å²) in [7, 11) is 1.76. The van der Waals surface area contributed by atoms with Crippen LogP contribution in [0.5, 0.6) is 0 Å². The van der Waals surface area contributed by atoms with Gasteiger partial charge in [0.1, 0.15) is 6.33 Å². The Bertz CT molecular complexity index is 1150. The molecule has 0 radical (unpaired) electrons. The molecule has 3 aromatic heterocycles. The number of fused-ring (bicyclic) bond motifs is 3. The molecule has 7 nitrogen and oxygen atoms in total. The highest BCUT2D eigenvalue weighted by atomic mass is 16.1. The van der Waals surface area contributed by atoms with Crippen LogP contribution in [0.15, 0.2) is 41.6 Å². The van der Waals surface area contributed by atoms with Crippen molar-refractivity contribution < 1.29 is 0 Å². The molecular weight excluding hydrogens is 304 g/mol. The number of imidazole rings is 1. The molecule has 1 fully saturated rings. The zero-order valence-corrected chi connectivity index (χ0v) is 13.4. The van der Waals surface area contributed by atoms with Crippen LogP contribution in [-0.2, 0) is 7.05 Å². The molecule has 4 aromatic rings. The third-order valence-corrected chi connectivity index (χ3v) is 4.96. The lowest BCUT2D eigenvalue weighted by molar-refractivity contribution is 0.773. The van der Waals surface area contributed by atoms with Gasteiger partial charge in [-0.2, -0.15) is 4.68 Å². The average molecular weight is 320 g/mol. The summed E-state index contributed by atoms with van der Waals surface area (Å²) < 4.78 is 5.21. The average Bonchev–Trinajstić information content (AvgIpc) is 3.03. The Morgan fingerprint density at radius 1 is 1.25 bits per heavy atom. The molecule has 0 N–H and O–H groups in total. The fraction of sp³-hybridized carbons (Fsp3) is 0.294. The van der Waals surface area contributed by atoms with E-state index in [0.717, 1.165) is 17.6 Å². The van der Waals surface area contributed by atoms with E-state index in [0.29, 0.717) is 28.7 Å². The molecule has 0 bridgehead atoms. The molecule has 1 saturated carbocycles. The Labute approximate surface area is 137 Å². The van der Waals surface area contributed by atoms with Gasteiger partial charge in [-0.1, -0.05) is 24.3 Å². The molecule has 2 unspecified atom stereocenters. The van der Waals surface area contributed by atoms with Crippen LogP contribution in [-0.4, -0.2) is 28.9 Å². The highest BCUT2D eigenvalue weighted by Gasteiger charge is 2.36. The van der Waals surface area contributed by atoms with Crippen molar-refractivity contribution in [3.05, 3.63) is 52.8 Å². The predicted molar refractivity (Wildman–Crippen MR) is 89.4 cm³/mol. The van der Waals surface area contributed by atoms with E-state index < -0.39 is 0 Å². The van der Waals surface area contributed by atoms with Gasteiger partial charge in [0.2, 0.25) is 0 Å². The van der Waals surface area contributed by atoms with Gasteiger partial charge in [0, 0.05) is 13.0 Å². The van der Waals surface area contributed by atoms with Crippen LogP contribution in [0.2, 0.25) is 0 Å². The number of aryl methyl sites for hydroxylation is 1. The third kappa shape index (κ3) is 1.72. The van der Waals surface area contributed by atoms with Crippen molar-refractivity contribution in [2.24, 2.45) is 13.0 Å². The number of hydrogen-bond acceptors (Lipinski definition) is 4. The van der Waals surface area contributed by atoms with Gasteiger partial charge in [0.05, 0.1) is 22.8 Å². The van der Waals surface area contributed by atoms with E-state index in [1.165, 1.54) is 0 Å². The molecular formula is C17H16N6O. The Hall–Kier alpha value is -2.96. The number of benzene rings is 1. The van der Waals surface area contributed by atoms with Crippen molar-refractivity contribution in [3.63, 3.8) is 0 Å². The number of para-hydroxylation sites is 1. The summed E-state index contributed by atoms with van der Waals surface area (Å²) in [6, 6.07) is 7.55. The maximum Gasteiger partial charge on any atom is 0.261 e. The second-order valence-corrected chi connectivity index (χ2v) is 6.55. The van der Waals surface area contributed by atoms with Crippen molar-refractivity contribution >= 4 is 16.6 Å². The van der Waals surface area contributed by atoms with E-state index in [4.69, 9.17) is 0 Å². The smallest absolute Gasteiger partial charge is 0.261 e. The summed E-state index contributed by atoms with van der Waals surface area (Å²) in [5, 5.41) is 9.18. The lowest BCUT2D eigenvalue weighted by Crippen LogP contribution is -2.20. The minimum Gasteiger partial charge on any atom is -0.294 e. The summed E-state index contributed by atoms with van der Waals surface area (Å²) in [5.74, 6) is 1.78. The van der Waals surface area contributed by atoms with Crippen LogP contribution < -0.4 is 5.56 Å². The first-order chi connectivity index (χ1) is 11.6. The number of rotatable bonds is 2. The second-order valence-electron chi connectivity index (χ2n) is 6.55. The normalized spacial score (nSPS) is 20.1. The summed E-state index contributed by atoms with van der Waals surface area (Å²) in [4.78, 5) is 17.2. The first kappa shape index (κ1) is 13.5. The van der Waals surface area contributed by atoms with Gasteiger partial charge in [-0.3, -0.25) is 13.8 Å². The molecule has 3 heterocycles. The van der Waals surface area contributed by atoms with Gasteiger partial charge in [-0.25, -0.2) is 4.98 Å². The van der Waals surface area contributed by atoms with Crippen molar-refractivity contribution in [1.29, 1.82) is 0 Å². The Morgan fingerprint density at radius 2 is 2.04 bits per heavy atom. The number of hydrogen-bond donors (Lipinski definition) is 0. The highest BCUT2D eigenvalue weighted by molar-refractivity contribution is 5.82. The molecule has 120 valence electrons. The first-order valence-electron chi connectivity index (χ1n) is 8.02. The highest BCUT2D eigenvalue weighted by Crippen LogP contribution is 2.45. The molecule has 24 heavy (non-hydrogen) atoms. The van der Waals surface area contributed by atoms with Gasteiger partial charge >= 0.3 is 0 Å². The Balaban J connectivity index is 1.78. The van der Waals surface area contributed by atoms with Crippen molar-refractivity contribution in [1.82, 2.24) is 28.9 Å². The molecule has 1 aromatic carbocycles. The van der Waals surface area contributed by atoms with E-state index >= 15 is 0 Å². The van der Waals surface area contributed by atoms with Crippen LogP contribution in [0, 0.1) is 5.92 Å². The number of nitrogens with zero attached hydrogens (tertiary/aromatic N) is 6. The van der Waals surface area contributed by atoms with Crippen molar-refractivity contribution in [3.8, 4) is 5.82 Å². The van der Waals surface area contributed by atoms with E-state index in [9.17, 15) is 4.79 Å². The monoisotopic (exact) mass is 320 g/mol. The van der Waals surface area contributed by atoms with Crippen LogP contribution in [0.3, 0.4) is 0 Å². The van der Waals surface area contributed by atoms with Gasteiger partial charge in [-0.05, 0) is 24.5 Å². The largest absolute Gasteiger partial charge is 0.294 e. The predicted octanol–water partition coefficient (Wildman–Crippen LogP) is 1.89. The third-order valence-electron chi connectivity index (χ3n) is 4.96. The summed E-state index contributed by atoms with van der Waals surface area (Å²) >= 11 is 0. The van der Waals surface area contributed by atoms with E-state index in [1.807, 2.05) is 34.9 Å². The lowest BCUT2D eigenvalue weighted by atomic mass is 10.2. The Kier molecular flexibility index (Phi) is 2.54. The van der Waals surface area contributed by atoms with Crippen LogP contribution >= 0.6 is 0 Å². The summed E-state index contributed by atoms with van der Waals surface area (Å²) in [6.45, 7) is 2.21. The minimum atomic E-state index is -0.0454. The van der Waals surface area contributed by atoms with Gasteiger partial charge in [-0.15, -0.1) is 5.10 Å². The van der Waals surface area contributed by atoms with E-state index in [2.05, 4.69) is 22.2 Å². The topological polar surface area (TPSA) is 70.0 Å². The van der Waals surface area contributed by atoms with Crippen LogP contribution in [0.4, 0.5) is 0 Å². The molecule has 2 atom stereocenters. The molecule has 0 aliphatic heterocycles. The molecule has 0 amide bonds. The minimum absolute atomic E-state index is 0.0454. The zero-order valence-electron chi connectivity index (χ0n) is 13.4. The zero-order chi connectivity index (χ0) is 16.4. The summed E-state index contributed by atoms with van der Waals surface area (Å²) in [6.07, 6.45) is 4.81. The molecule has 5 rings (SSSR count). The first-order valence-corrected chi connectivity index (χ1v) is 8.02. The standard InChI is InChI=1S/C17H16N6O/c1-10-7-12(10)13-8-23(20-19-13)15-16-21(2)17(24)11-5-3-4-6-14(11)22(16)9-18-15/h3-6,8-10,12H,7H2,1-2H3. The molecule has 1 aliphatic rings. The van der Waals surface area contributed by atoms with Crippen LogP contribution in [0.1, 0.15) is 25.0 Å². The van der Waals surface area contributed by atoms with Crippen LogP contribution in [0.25, 0.3) is 22.4 Å². The maximum absolute atomic E-state index is 12.7. The Morgan fingerprint density at radius 3 is 2.83 bits per heavy atom. The fourth-order valence-electron chi connectivity index (χ4n) is 3.41. The van der Waals surface area contributed by atoms with E-state index in [-0.39, 0.29) is 5.56 Å². The number of aromatic nitrogens is 6.